The molecule has 0 aliphatic carbocycles. The van der Waals surface area contributed by atoms with Crippen LogP contribution >= 0.6 is 0 Å². The number of benzene rings is 5. The molecule has 0 nitrogen and oxygen atoms in total. The zero-order chi connectivity index (χ0) is 30.7. The normalized spacial score (nSPS) is 9.87. The van der Waals surface area contributed by atoms with E-state index in [2.05, 4.69) is 184 Å². The lowest BCUT2D eigenvalue weighted by atomic mass is 9.87. The van der Waals surface area contributed by atoms with Crippen LogP contribution in [0, 0.1) is 34.6 Å². The maximum atomic E-state index is 2.26. The van der Waals surface area contributed by atoms with Gasteiger partial charge in [0.05, 0.1) is 0 Å². The fraction of sp³-hybridized carbons (Fsp3) is 0.348. The van der Waals surface area contributed by atoms with Crippen LogP contribution in [0.5, 0.6) is 0 Å². The summed E-state index contributed by atoms with van der Waals surface area (Å²) in [6.45, 7) is 19.6. The molecule has 0 spiro atoms. The Morgan fingerprint density at radius 3 is 0.891 bits per heavy atom. The lowest BCUT2D eigenvalue weighted by Gasteiger charge is -2.18. The molecule has 0 aliphatic heterocycles. The summed E-state index contributed by atoms with van der Waals surface area (Å²) in [5.74, 6) is 0.473. The van der Waals surface area contributed by atoms with Gasteiger partial charge in [-0.15, -0.1) is 0 Å². The topological polar surface area (TPSA) is 0 Å². The van der Waals surface area contributed by atoms with Gasteiger partial charge in [-0.1, -0.05) is 207 Å². The van der Waals surface area contributed by atoms with Gasteiger partial charge in [-0.05, 0) is 74.3 Å². The fourth-order valence-corrected chi connectivity index (χ4v) is 4.60. The van der Waals surface area contributed by atoms with E-state index >= 15 is 0 Å². The highest BCUT2D eigenvalue weighted by atomic mass is 14.2. The molecule has 0 heterocycles. The van der Waals surface area contributed by atoms with Crippen LogP contribution in [0.15, 0.2) is 121 Å². The molecule has 5 aromatic rings. The van der Waals surface area contributed by atoms with E-state index in [1.807, 2.05) is 0 Å². The smallest absolute Gasteiger partial charge is 0.00610 e. The van der Waals surface area contributed by atoms with E-state index in [0.29, 0.717) is 5.92 Å². The van der Waals surface area contributed by atoms with Gasteiger partial charge in [0.2, 0.25) is 0 Å². The molecule has 46 heavy (non-hydrogen) atoms. The first-order chi connectivity index (χ1) is 19.9. The quantitative estimate of drug-likeness (QED) is 0.188. The van der Waals surface area contributed by atoms with E-state index in [0.717, 1.165) is 6.42 Å². The molecule has 0 radical (unpaired) electrons. The molecule has 0 heteroatoms. The largest absolute Gasteiger partial charge is 0.0776 e. The lowest BCUT2D eigenvalue weighted by Crippen LogP contribution is -2.10. The monoisotopic (exact) mass is 619 g/mol. The van der Waals surface area contributed by atoms with E-state index in [9.17, 15) is 0 Å². The van der Waals surface area contributed by atoms with Crippen LogP contribution in [0.3, 0.4) is 0 Å². The van der Waals surface area contributed by atoms with Gasteiger partial charge in [-0.3, -0.25) is 0 Å². The van der Waals surface area contributed by atoms with E-state index in [1.165, 1.54) is 55.6 Å². The Morgan fingerprint density at radius 2 is 0.630 bits per heavy atom. The highest BCUT2D eigenvalue weighted by Gasteiger charge is 2.12. The van der Waals surface area contributed by atoms with Crippen molar-refractivity contribution in [3.05, 3.63) is 177 Å². The molecular formula is C46H66. The Bertz CT molecular complexity index is 1370. The van der Waals surface area contributed by atoms with Crippen molar-refractivity contribution in [3.8, 4) is 0 Å². The van der Waals surface area contributed by atoms with Gasteiger partial charge in [0.1, 0.15) is 0 Å². The predicted octanol–water partition coefficient (Wildman–Crippen LogP) is 14.2. The van der Waals surface area contributed by atoms with E-state index in [4.69, 9.17) is 0 Å². The molecule has 0 fully saturated rings. The molecule has 0 aromatic heterocycles. The standard InChI is InChI=1S/C16H18.C15H16.C11H16.4CH4/c1-12-4-8-15(9-5-12)14(3)16-10-6-13(2)7-11-16;1-12-3-7-14(8-4-12)11-15-9-5-13(2)6-10-15;1-9-5-7-10(8-6-9)11(2,3)4;;;;/h4-11,14H,1-3H3;3-10H,11H2,1-2H3;5-8H,1-4H3;4*1H4. The first-order valence-electron chi connectivity index (χ1n) is 15.2. The fourth-order valence-electron chi connectivity index (χ4n) is 4.60. The summed E-state index contributed by atoms with van der Waals surface area (Å²) >= 11 is 0. The molecule has 5 rings (SSSR count). The third-order valence-electron chi connectivity index (χ3n) is 7.72. The minimum atomic E-state index is 0. The zero-order valence-electron chi connectivity index (χ0n) is 27.3. The van der Waals surface area contributed by atoms with Gasteiger partial charge >= 0.3 is 0 Å². The van der Waals surface area contributed by atoms with Crippen molar-refractivity contribution >= 4 is 0 Å². The minimum absolute atomic E-state index is 0. The summed E-state index contributed by atoms with van der Waals surface area (Å²) in [5.41, 5.74) is 13.8. The van der Waals surface area contributed by atoms with Crippen molar-refractivity contribution in [1.29, 1.82) is 0 Å². The number of rotatable bonds is 4. The molecular weight excluding hydrogens is 553 g/mol. The number of hydrogen-bond donors (Lipinski definition) is 0. The van der Waals surface area contributed by atoms with Crippen LogP contribution in [0.25, 0.3) is 0 Å². The van der Waals surface area contributed by atoms with E-state index in [-0.39, 0.29) is 35.1 Å². The van der Waals surface area contributed by atoms with Crippen molar-refractivity contribution in [3.63, 3.8) is 0 Å². The average Bonchev–Trinajstić information content (AvgIpc) is 2.96. The molecule has 0 unspecified atom stereocenters. The summed E-state index contributed by atoms with van der Waals surface area (Å²) in [4.78, 5) is 0. The van der Waals surface area contributed by atoms with Crippen LogP contribution < -0.4 is 0 Å². The van der Waals surface area contributed by atoms with Gasteiger partial charge in [0.15, 0.2) is 0 Å². The van der Waals surface area contributed by atoms with Gasteiger partial charge in [0.25, 0.3) is 0 Å². The second-order valence-electron chi connectivity index (χ2n) is 12.8. The van der Waals surface area contributed by atoms with Crippen molar-refractivity contribution in [2.24, 2.45) is 0 Å². The SMILES string of the molecule is C.C.C.C.Cc1ccc(C(C)(C)C)cc1.Cc1ccc(C(C)c2ccc(C)cc2)cc1.Cc1ccc(Cc2ccc(C)cc2)cc1. The van der Waals surface area contributed by atoms with Gasteiger partial charge in [-0.25, -0.2) is 0 Å². The maximum Gasteiger partial charge on any atom is 0.00610 e. The summed E-state index contributed by atoms with van der Waals surface area (Å²) in [7, 11) is 0. The highest BCUT2D eigenvalue weighted by molar-refractivity contribution is 5.34. The molecule has 0 aliphatic rings. The summed E-state index contributed by atoms with van der Waals surface area (Å²) in [6, 6.07) is 43.8. The van der Waals surface area contributed by atoms with Crippen LogP contribution in [-0.2, 0) is 11.8 Å². The van der Waals surface area contributed by atoms with Crippen LogP contribution in [0.2, 0.25) is 0 Å². The Morgan fingerprint density at radius 1 is 0.391 bits per heavy atom. The molecule has 0 N–H and O–H groups in total. The maximum absolute atomic E-state index is 2.26. The second kappa shape index (κ2) is 21.0. The minimum Gasteiger partial charge on any atom is -0.0776 e. The molecule has 5 aromatic carbocycles. The van der Waals surface area contributed by atoms with Gasteiger partial charge in [-0.2, -0.15) is 0 Å². The van der Waals surface area contributed by atoms with Gasteiger partial charge < -0.3 is 0 Å². The Labute approximate surface area is 286 Å². The summed E-state index contributed by atoms with van der Waals surface area (Å²) in [6.07, 6.45) is 1.03. The average molecular weight is 619 g/mol. The second-order valence-corrected chi connectivity index (χ2v) is 12.8. The Kier molecular flexibility index (Phi) is 20.2. The summed E-state index contributed by atoms with van der Waals surface area (Å²) < 4.78 is 0. The molecule has 0 bridgehead atoms. The van der Waals surface area contributed by atoms with Crippen molar-refractivity contribution in [2.45, 2.75) is 110 Å². The molecule has 0 amide bonds. The third-order valence-corrected chi connectivity index (χ3v) is 7.72. The molecule has 0 saturated carbocycles. The number of aryl methyl sites for hydroxylation is 5. The van der Waals surface area contributed by atoms with Crippen molar-refractivity contribution < 1.29 is 0 Å². The Hall–Kier alpha value is -3.90. The lowest BCUT2D eigenvalue weighted by molar-refractivity contribution is 0.590. The molecule has 250 valence electrons. The highest BCUT2D eigenvalue weighted by Crippen LogP contribution is 2.24. The predicted molar refractivity (Wildman–Crippen MR) is 212 cm³/mol. The first-order valence-corrected chi connectivity index (χ1v) is 15.2. The van der Waals surface area contributed by atoms with Crippen LogP contribution in [0.4, 0.5) is 0 Å². The molecule has 0 atom stereocenters. The van der Waals surface area contributed by atoms with Crippen molar-refractivity contribution in [1.82, 2.24) is 0 Å². The molecule has 0 saturated heterocycles. The Balaban J connectivity index is 0. The van der Waals surface area contributed by atoms with Gasteiger partial charge in [0, 0.05) is 5.92 Å². The van der Waals surface area contributed by atoms with Crippen LogP contribution in [-0.4, -0.2) is 0 Å². The van der Waals surface area contributed by atoms with Crippen molar-refractivity contribution in [2.75, 3.05) is 0 Å². The third kappa shape index (κ3) is 14.9. The van der Waals surface area contributed by atoms with E-state index in [1.54, 1.807) is 0 Å². The van der Waals surface area contributed by atoms with Crippen LogP contribution in [0.1, 0.15) is 119 Å². The van der Waals surface area contributed by atoms with E-state index < -0.39 is 0 Å². The number of hydrogen-bond acceptors (Lipinski definition) is 0. The first kappa shape index (κ1) is 44.2. The summed E-state index contributed by atoms with van der Waals surface area (Å²) in [5, 5.41) is 0. The zero-order valence-corrected chi connectivity index (χ0v) is 27.3.